The second-order valence-electron chi connectivity index (χ2n) is 4.73. The van der Waals surface area contributed by atoms with Crippen LogP contribution in [0, 0.1) is 0 Å². The zero-order valence-electron chi connectivity index (χ0n) is 10.4. The van der Waals surface area contributed by atoms with E-state index in [0.717, 1.165) is 19.3 Å². The molecule has 0 saturated heterocycles. The molecule has 1 aliphatic rings. The van der Waals surface area contributed by atoms with E-state index in [9.17, 15) is 9.59 Å². The summed E-state index contributed by atoms with van der Waals surface area (Å²) in [4.78, 5) is 27.9. The first-order valence-corrected chi connectivity index (χ1v) is 7.11. The highest BCUT2D eigenvalue weighted by Gasteiger charge is 2.29. The zero-order chi connectivity index (χ0) is 13.1. The number of H-pyrrole nitrogens is 1. The van der Waals surface area contributed by atoms with Crippen molar-refractivity contribution >= 4 is 21.8 Å². The fourth-order valence-corrected chi connectivity index (χ4v) is 3.34. The molecule has 4 nitrogen and oxygen atoms in total. The maximum Gasteiger partial charge on any atom is 0.255 e. The molecule has 2 atom stereocenters. The fourth-order valence-electron chi connectivity index (χ4n) is 2.40. The number of carbonyl (C=O) groups excluding carboxylic acids is 1. The number of halogens is 1. The third-order valence-electron chi connectivity index (χ3n) is 3.50. The van der Waals surface area contributed by atoms with Crippen molar-refractivity contribution < 1.29 is 4.79 Å². The number of rotatable bonds is 2. The summed E-state index contributed by atoms with van der Waals surface area (Å²) in [7, 11) is 1.83. The molecule has 1 aromatic rings. The first-order chi connectivity index (χ1) is 8.59. The highest BCUT2D eigenvalue weighted by Crippen LogP contribution is 2.28. The fraction of sp³-hybridized carbons (Fsp3) is 0.538. The molecule has 1 amide bonds. The van der Waals surface area contributed by atoms with Gasteiger partial charge in [-0.1, -0.05) is 28.8 Å². The molecule has 0 aromatic carbocycles. The summed E-state index contributed by atoms with van der Waals surface area (Å²) in [5.41, 5.74) is 0.340. The number of alkyl halides is 1. The normalized spacial score (nSPS) is 23.7. The molecule has 2 rings (SSSR count). The lowest BCUT2D eigenvalue weighted by Gasteiger charge is -2.35. The lowest BCUT2D eigenvalue weighted by molar-refractivity contribution is 0.0704. The molecule has 2 unspecified atom stereocenters. The monoisotopic (exact) mass is 312 g/mol. The molecule has 1 fully saturated rings. The highest BCUT2D eigenvalue weighted by molar-refractivity contribution is 9.09. The van der Waals surface area contributed by atoms with Crippen LogP contribution in [0.2, 0.25) is 0 Å². The summed E-state index contributed by atoms with van der Waals surface area (Å²) >= 11 is 3.66. The van der Waals surface area contributed by atoms with Crippen LogP contribution < -0.4 is 5.56 Å². The molecule has 1 saturated carbocycles. The minimum Gasteiger partial charge on any atom is -0.338 e. The van der Waals surface area contributed by atoms with Crippen LogP contribution in [0.25, 0.3) is 0 Å². The van der Waals surface area contributed by atoms with E-state index in [1.807, 2.05) is 7.05 Å². The van der Waals surface area contributed by atoms with Gasteiger partial charge in [-0.25, -0.2) is 0 Å². The van der Waals surface area contributed by atoms with Gasteiger partial charge in [0.1, 0.15) is 0 Å². The van der Waals surface area contributed by atoms with Crippen molar-refractivity contribution in [3.8, 4) is 0 Å². The first-order valence-electron chi connectivity index (χ1n) is 6.19. The average molecular weight is 313 g/mol. The van der Waals surface area contributed by atoms with Crippen molar-refractivity contribution in [2.45, 2.75) is 36.6 Å². The molecule has 0 spiro atoms. The van der Waals surface area contributed by atoms with E-state index in [1.165, 1.54) is 18.7 Å². The van der Waals surface area contributed by atoms with E-state index < -0.39 is 0 Å². The van der Waals surface area contributed by atoms with Crippen molar-refractivity contribution in [2.75, 3.05) is 7.05 Å². The number of hydrogen-bond acceptors (Lipinski definition) is 2. The van der Waals surface area contributed by atoms with E-state index in [2.05, 4.69) is 20.9 Å². The Kier molecular flexibility index (Phi) is 4.22. The number of amides is 1. The second-order valence-corrected chi connectivity index (χ2v) is 5.90. The minimum atomic E-state index is -0.190. The molecule has 1 aromatic heterocycles. The van der Waals surface area contributed by atoms with Crippen LogP contribution >= 0.6 is 15.9 Å². The number of nitrogens with one attached hydrogen (secondary N) is 1. The minimum absolute atomic E-state index is 0.0393. The van der Waals surface area contributed by atoms with Crippen LogP contribution in [0.1, 0.15) is 36.0 Å². The molecule has 1 N–H and O–H groups in total. The Morgan fingerprint density at radius 2 is 2.11 bits per heavy atom. The number of pyridine rings is 1. The van der Waals surface area contributed by atoms with Crippen molar-refractivity contribution in [1.29, 1.82) is 0 Å². The Hall–Kier alpha value is -1.10. The molecule has 0 radical (unpaired) electrons. The van der Waals surface area contributed by atoms with Gasteiger partial charge in [-0.15, -0.1) is 0 Å². The maximum atomic E-state index is 12.3. The van der Waals surface area contributed by atoms with Crippen LogP contribution in [-0.2, 0) is 0 Å². The second kappa shape index (κ2) is 5.69. The van der Waals surface area contributed by atoms with Crippen molar-refractivity contribution in [1.82, 2.24) is 9.88 Å². The lowest BCUT2D eigenvalue weighted by Crippen LogP contribution is -2.44. The molecule has 18 heavy (non-hydrogen) atoms. The quantitative estimate of drug-likeness (QED) is 0.851. The highest BCUT2D eigenvalue weighted by atomic mass is 79.9. The van der Waals surface area contributed by atoms with E-state index in [4.69, 9.17) is 0 Å². The third-order valence-corrected chi connectivity index (χ3v) is 4.56. The van der Waals surface area contributed by atoms with Gasteiger partial charge in [-0.3, -0.25) is 9.59 Å². The Balaban J connectivity index is 2.12. The number of hydrogen-bond donors (Lipinski definition) is 1. The largest absolute Gasteiger partial charge is 0.338 e. The van der Waals surface area contributed by atoms with E-state index in [1.54, 1.807) is 11.0 Å². The molecule has 98 valence electrons. The van der Waals surface area contributed by atoms with Crippen LogP contribution in [0.15, 0.2) is 23.1 Å². The van der Waals surface area contributed by atoms with Gasteiger partial charge in [0.05, 0.1) is 5.56 Å². The third kappa shape index (κ3) is 2.83. The van der Waals surface area contributed by atoms with E-state index in [0.29, 0.717) is 10.4 Å². The zero-order valence-corrected chi connectivity index (χ0v) is 11.9. The molecule has 0 bridgehead atoms. The van der Waals surface area contributed by atoms with Crippen LogP contribution in [0.3, 0.4) is 0 Å². The van der Waals surface area contributed by atoms with Crippen molar-refractivity contribution in [2.24, 2.45) is 0 Å². The average Bonchev–Trinajstić information content (AvgIpc) is 2.38. The van der Waals surface area contributed by atoms with Crippen LogP contribution in [0.4, 0.5) is 0 Å². The van der Waals surface area contributed by atoms with Crippen molar-refractivity contribution in [3.05, 3.63) is 34.2 Å². The van der Waals surface area contributed by atoms with Gasteiger partial charge >= 0.3 is 0 Å². The molecule has 5 heteroatoms. The van der Waals surface area contributed by atoms with E-state index in [-0.39, 0.29) is 17.5 Å². The van der Waals surface area contributed by atoms with Gasteiger partial charge in [0.25, 0.3) is 5.91 Å². The Bertz CT molecular complexity index is 466. The Labute approximate surface area is 115 Å². The number of aromatic amines is 1. The number of nitrogens with zero attached hydrogens (tertiary/aromatic N) is 1. The molecule has 1 heterocycles. The predicted octanol–water partition coefficient (Wildman–Crippen LogP) is 2.15. The van der Waals surface area contributed by atoms with Gasteiger partial charge in [0, 0.05) is 30.2 Å². The predicted molar refractivity (Wildman–Crippen MR) is 74.1 cm³/mol. The summed E-state index contributed by atoms with van der Waals surface area (Å²) in [6, 6.07) is 3.19. The van der Waals surface area contributed by atoms with Gasteiger partial charge in [-0.2, -0.15) is 0 Å². The number of aromatic nitrogens is 1. The lowest BCUT2D eigenvalue weighted by atomic mass is 9.94. The van der Waals surface area contributed by atoms with Gasteiger partial charge in [0.2, 0.25) is 5.56 Å². The summed E-state index contributed by atoms with van der Waals surface area (Å²) in [5, 5.41) is 0. The van der Waals surface area contributed by atoms with Crippen LogP contribution in [0.5, 0.6) is 0 Å². The maximum absolute atomic E-state index is 12.3. The molecule has 0 aliphatic heterocycles. The smallest absolute Gasteiger partial charge is 0.255 e. The molecular weight excluding hydrogens is 296 g/mol. The van der Waals surface area contributed by atoms with E-state index >= 15 is 0 Å². The van der Waals surface area contributed by atoms with Crippen LogP contribution in [-0.4, -0.2) is 33.7 Å². The summed E-state index contributed by atoms with van der Waals surface area (Å²) < 4.78 is 0. The van der Waals surface area contributed by atoms with Gasteiger partial charge in [-0.05, 0) is 18.9 Å². The standard InChI is InChI=1S/C13H17BrN2O2/c1-16(11-5-3-2-4-10(11)14)13(18)9-6-7-12(17)15-8-9/h6-8,10-11H,2-5H2,1H3,(H,15,17). The number of carbonyl (C=O) groups is 1. The van der Waals surface area contributed by atoms with Gasteiger partial charge < -0.3 is 9.88 Å². The summed E-state index contributed by atoms with van der Waals surface area (Å²) in [5.74, 6) is -0.0393. The Morgan fingerprint density at radius 3 is 2.72 bits per heavy atom. The molecular formula is C13H17BrN2O2. The topological polar surface area (TPSA) is 53.2 Å². The first kappa shape index (κ1) is 13.3. The Morgan fingerprint density at radius 1 is 1.39 bits per heavy atom. The molecule has 1 aliphatic carbocycles. The summed E-state index contributed by atoms with van der Waals surface area (Å²) in [6.07, 6.45) is 5.99. The van der Waals surface area contributed by atoms with Gasteiger partial charge in [0.15, 0.2) is 0 Å². The SMILES string of the molecule is CN(C(=O)c1ccc(=O)[nH]c1)C1CCCCC1Br. The summed E-state index contributed by atoms with van der Waals surface area (Å²) in [6.45, 7) is 0. The van der Waals surface area contributed by atoms with Crippen molar-refractivity contribution in [3.63, 3.8) is 0 Å².